The minimum atomic E-state index is -0.472. The molecule has 0 bridgehead atoms. The summed E-state index contributed by atoms with van der Waals surface area (Å²) in [4.78, 5) is 23.8. The molecule has 0 radical (unpaired) electrons. The van der Waals surface area contributed by atoms with Crippen LogP contribution in [0.4, 0.5) is 5.69 Å². The second-order valence-corrected chi connectivity index (χ2v) is 5.51. The highest BCUT2D eigenvalue weighted by atomic mass is 35.5. The molecular weight excluding hydrogens is 330 g/mol. The van der Waals surface area contributed by atoms with Crippen molar-refractivity contribution in [2.45, 2.75) is 13.3 Å². The largest absolute Gasteiger partial charge is 0.508 e. The van der Waals surface area contributed by atoms with Crippen LogP contribution in [0, 0.1) is 0 Å². The number of hydrazone groups is 1. The number of nitrogens with one attached hydrogen (secondary N) is 2. The van der Waals surface area contributed by atoms with Gasteiger partial charge in [-0.2, -0.15) is 5.10 Å². The van der Waals surface area contributed by atoms with E-state index in [1.807, 2.05) is 0 Å². The van der Waals surface area contributed by atoms with E-state index in [2.05, 4.69) is 15.8 Å². The maximum Gasteiger partial charge on any atom is 0.271 e. The third kappa shape index (κ3) is 5.40. The molecule has 0 spiro atoms. The summed E-state index contributed by atoms with van der Waals surface area (Å²) in [6.07, 6.45) is 0.0207. The minimum absolute atomic E-state index is 0.00995. The number of hydrogen-bond acceptors (Lipinski definition) is 4. The van der Waals surface area contributed by atoms with Gasteiger partial charge in [0.25, 0.3) is 5.91 Å². The molecule has 0 aliphatic heterocycles. The quantitative estimate of drug-likeness (QED) is 0.574. The molecule has 0 heterocycles. The maximum atomic E-state index is 11.9. The van der Waals surface area contributed by atoms with E-state index < -0.39 is 5.91 Å². The van der Waals surface area contributed by atoms with Crippen LogP contribution in [0.25, 0.3) is 0 Å². The fourth-order valence-corrected chi connectivity index (χ4v) is 2.09. The van der Waals surface area contributed by atoms with E-state index in [4.69, 9.17) is 11.6 Å². The average Bonchev–Trinajstić information content (AvgIpc) is 2.52. The number of hydrogen-bond donors (Lipinski definition) is 3. The van der Waals surface area contributed by atoms with Crippen molar-refractivity contribution in [3.63, 3.8) is 0 Å². The Balaban J connectivity index is 1.89. The van der Waals surface area contributed by atoms with Gasteiger partial charge in [-0.1, -0.05) is 23.7 Å². The molecule has 0 saturated carbocycles. The van der Waals surface area contributed by atoms with Crippen LogP contribution >= 0.6 is 11.6 Å². The number of rotatable bonds is 5. The molecule has 7 heteroatoms. The van der Waals surface area contributed by atoms with Gasteiger partial charge in [0.2, 0.25) is 5.91 Å². The number of amides is 2. The lowest BCUT2D eigenvalue weighted by Gasteiger charge is -2.06. The predicted molar refractivity (Wildman–Crippen MR) is 93.4 cm³/mol. The van der Waals surface area contributed by atoms with Crippen LogP contribution in [0.3, 0.4) is 0 Å². The van der Waals surface area contributed by atoms with Crippen LogP contribution in [-0.2, 0) is 4.79 Å². The molecule has 2 rings (SSSR count). The Kier molecular flexibility index (Phi) is 5.92. The smallest absolute Gasteiger partial charge is 0.271 e. The van der Waals surface area contributed by atoms with Crippen molar-refractivity contribution in [2.75, 3.05) is 5.32 Å². The van der Waals surface area contributed by atoms with Crippen LogP contribution in [0.1, 0.15) is 23.7 Å². The third-order valence-electron chi connectivity index (χ3n) is 2.98. The Morgan fingerprint density at radius 3 is 2.62 bits per heavy atom. The van der Waals surface area contributed by atoms with Crippen LogP contribution in [0.15, 0.2) is 53.6 Å². The van der Waals surface area contributed by atoms with E-state index >= 15 is 0 Å². The van der Waals surface area contributed by atoms with Crippen molar-refractivity contribution in [3.8, 4) is 5.75 Å². The van der Waals surface area contributed by atoms with Gasteiger partial charge in [-0.05, 0) is 43.3 Å². The molecule has 0 aromatic heterocycles. The average molecular weight is 346 g/mol. The summed E-state index contributed by atoms with van der Waals surface area (Å²) < 4.78 is 0. The van der Waals surface area contributed by atoms with Gasteiger partial charge < -0.3 is 10.4 Å². The molecule has 0 aliphatic rings. The standard InChI is InChI=1S/C17H16ClN3O3/c1-11(8-16(23)19-14-6-3-5-13(18)10-14)20-21-17(24)12-4-2-7-15(22)9-12/h2-7,9-10,22H,8H2,1H3,(H,19,23)(H,21,24)/b20-11-. The number of anilines is 1. The van der Waals surface area contributed by atoms with Gasteiger partial charge in [-0.3, -0.25) is 9.59 Å². The highest BCUT2D eigenvalue weighted by Crippen LogP contribution is 2.15. The van der Waals surface area contributed by atoms with Crippen LogP contribution in [0.2, 0.25) is 5.02 Å². The molecule has 0 aliphatic carbocycles. The lowest BCUT2D eigenvalue weighted by Crippen LogP contribution is -2.21. The summed E-state index contributed by atoms with van der Waals surface area (Å²) in [5.41, 5.74) is 3.63. The molecule has 0 atom stereocenters. The Labute approximate surface area is 144 Å². The van der Waals surface area contributed by atoms with Crippen molar-refractivity contribution in [1.82, 2.24) is 5.43 Å². The van der Waals surface area contributed by atoms with Crippen LogP contribution in [0.5, 0.6) is 5.75 Å². The van der Waals surface area contributed by atoms with E-state index in [9.17, 15) is 14.7 Å². The molecule has 0 fully saturated rings. The second-order valence-electron chi connectivity index (χ2n) is 5.07. The Bertz CT molecular complexity index is 790. The van der Waals surface area contributed by atoms with Gasteiger partial charge in [0.15, 0.2) is 0 Å². The molecule has 124 valence electrons. The topological polar surface area (TPSA) is 90.8 Å². The van der Waals surface area contributed by atoms with Crippen LogP contribution < -0.4 is 10.7 Å². The predicted octanol–water partition coefficient (Wildman–Crippen LogP) is 3.18. The lowest BCUT2D eigenvalue weighted by atomic mass is 10.2. The fourth-order valence-electron chi connectivity index (χ4n) is 1.90. The summed E-state index contributed by atoms with van der Waals surface area (Å²) in [6.45, 7) is 1.63. The van der Waals surface area contributed by atoms with E-state index in [0.29, 0.717) is 16.4 Å². The first kappa shape index (κ1) is 17.5. The van der Waals surface area contributed by atoms with Gasteiger partial charge in [-0.15, -0.1) is 0 Å². The molecular formula is C17H16ClN3O3. The molecule has 0 saturated heterocycles. The van der Waals surface area contributed by atoms with E-state index in [1.165, 1.54) is 12.1 Å². The molecule has 2 amide bonds. The van der Waals surface area contributed by atoms with Gasteiger partial charge in [-0.25, -0.2) is 5.43 Å². The Hall–Kier alpha value is -2.86. The number of halogens is 1. The first-order valence-corrected chi connectivity index (χ1v) is 7.50. The highest BCUT2D eigenvalue weighted by molar-refractivity contribution is 6.30. The van der Waals surface area contributed by atoms with Gasteiger partial charge in [0, 0.05) is 22.0 Å². The summed E-state index contributed by atoms with van der Waals surface area (Å²) in [5.74, 6) is -0.755. The van der Waals surface area contributed by atoms with Gasteiger partial charge in [0.1, 0.15) is 5.75 Å². The Morgan fingerprint density at radius 2 is 1.92 bits per heavy atom. The first-order chi connectivity index (χ1) is 11.4. The lowest BCUT2D eigenvalue weighted by molar-refractivity contribution is -0.115. The summed E-state index contributed by atoms with van der Waals surface area (Å²) in [5, 5.41) is 16.4. The van der Waals surface area contributed by atoms with Crippen molar-refractivity contribution in [3.05, 3.63) is 59.1 Å². The molecule has 2 aromatic rings. The monoisotopic (exact) mass is 345 g/mol. The molecule has 0 unspecified atom stereocenters. The van der Waals surface area contributed by atoms with Crippen molar-refractivity contribution in [2.24, 2.45) is 5.10 Å². The highest BCUT2D eigenvalue weighted by Gasteiger charge is 2.07. The third-order valence-corrected chi connectivity index (χ3v) is 3.22. The van der Waals surface area contributed by atoms with E-state index in [1.54, 1.807) is 43.3 Å². The van der Waals surface area contributed by atoms with Crippen LogP contribution in [-0.4, -0.2) is 22.6 Å². The minimum Gasteiger partial charge on any atom is -0.508 e. The zero-order valence-corrected chi connectivity index (χ0v) is 13.7. The molecule has 2 aromatic carbocycles. The normalized spacial score (nSPS) is 11.0. The summed E-state index contributed by atoms with van der Waals surface area (Å²) >= 11 is 5.85. The zero-order valence-electron chi connectivity index (χ0n) is 12.9. The summed E-state index contributed by atoms with van der Waals surface area (Å²) in [6, 6.07) is 12.7. The van der Waals surface area contributed by atoms with Gasteiger partial charge >= 0.3 is 0 Å². The van der Waals surface area contributed by atoms with Gasteiger partial charge in [0.05, 0.1) is 6.42 Å². The van der Waals surface area contributed by atoms with E-state index in [-0.39, 0.29) is 23.6 Å². The number of nitrogens with zero attached hydrogens (tertiary/aromatic N) is 1. The summed E-state index contributed by atoms with van der Waals surface area (Å²) in [7, 11) is 0. The number of carbonyl (C=O) groups excluding carboxylic acids is 2. The fraction of sp³-hybridized carbons (Fsp3) is 0.118. The molecule has 3 N–H and O–H groups in total. The SMILES string of the molecule is C/C(CC(=O)Nc1cccc(Cl)c1)=N/NC(=O)c1cccc(O)c1. The first-order valence-electron chi connectivity index (χ1n) is 7.12. The van der Waals surface area contributed by atoms with Crippen molar-refractivity contribution in [1.29, 1.82) is 0 Å². The maximum absolute atomic E-state index is 11.9. The van der Waals surface area contributed by atoms with E-state index in [0.717, 1.165) is 0 Å². The number of phenols is 1. The Morgan fingerprint density at radius 1 is 1.17 bits per heavy atom. The van der Waals surface area contributed by atoms with Crippen molar-refractivity contribution >= 4 is 34.8 Å². The number of carbonyl (C=O) groups is 2. The number of phenolic OH excluding ortho intramolecular Hbond substituents is 1. The number of aromatic hydroxyl groups is 1. The molecule has 24 heavy (non-hydrogen) atoms. The second kappa shape index (κ2) is 8.12. The molecule has 6 nitrogen and oxygen atoms in total. The number of benzene rings is 2. The zero-order chi connectivity index (χ0) is 17.5. The van der Waals surface area contributed by atoms with Crippen molar-refractivity contribution < 1.29 is 14.7 Å².